The van der Waals surface area contributed by atoms with E-state index in [9.17, 15) is 9.59 Å². The normalized spacial score (nSPS) is 10.0. The molecule has 2 rings (SSSR count). The molecule has 1 aromatic heterocycles. The minimum Gasteiger partial charge on any atom is -0.496 e. The number of nitrogens with one attached hydrogen (secondary N) is 2. The SMILES string of the molecule is CNC(=O)CC(=O)Nc1ccc(-c2cnco2)c(OC)c1. The minimum atomic E-state index is -0.399. The van der Waals surface area contributed by atoms with Crippen LogP contribution in [0.5, 0.6) is 5.75 Å². The molecular formula is C14H15N3O4. The van der Waals surface area contributed by atoms with Gasteiger partial charge in [-0.3, -0.25) is 9.59 Å². The molecule has 0 aliphatic carbocycles. The summed E-state index contributed by atoms with van der Waals surface area (Å²) in [6.45, 7) is 0. The lowest BCUT2D eigenvalue weighted by atomic mass is 10.1. The van der Waals surface area contributed by atoms with Crippen LogP contribution in [0.3, 0.4) is 0 Å². The Labute approximate surface area is 121 Å². The number of ether oxygens (including phenoxy) is 1. The number of oxazole rings is 1. The Bertz CT molecular complexity index is 638. The maximum absolute atomic E-state index is 11.7. The number of hydrogen-bond acceptors (Lipinski definition) is 5. The third kappa shape index (κ3) is 3.59. The van der Waals surface area contributed by atoms with Crippen molar-refractivity contribution in [3.05, 3.63) is 30.8 Å². The molecule has 0 bridgehead atoms. The maximum atomic E-state index is 11.7. The van der Waals surface area contributed by atoms with Gasteiger partial charge in [0.05, 0.1) is 18.9 Å². The Hall–Kier alpha value is -2.83. The summed E-state index contributed by atoms with van der Waals surface area (Å²) in [7, 11) is 3.00. The number of hydrogen-bond donors (Lipinski definition) is 2. The molecule has 0 radical (unpaired) electrons. The summed E-state index contributed by atoms with van der Waals surface area (Å²) >= 11 is 0. The number of carbonyl (C=O) groups is 2. The van der Waals surface area contributed by atoms with Crippen molar-refractivity contribution in [1.82, 2.24) is 10.3 Å². The third-order valence-corrected chi connectivity index (χ3v) is 2.78. The highest BCUT2D eigenvalue weighted by molar-refractivity contribution is 6.03. The molecule has 1 heterocycles. The molecule has 7 nitrogen and oxygen atoms in total. The lowest BCUT2D eigenvalue weighted by Gasteiger charge is -2.10. The molecule has 1 aromatic carbocycles. The third-order valence-electron chi connectivity index (χ3n) is 2.78. The second-order valence-electron chi connectivity index (χ2n) is 4.18. The Kier molecular flexibility index (Phi) is 4.55. The standard InChI is InChI=1S/C14H15N3O4/c1-15-13(18)6-14(19)17-9-3-4-10(11(5-9)20-2)12-7-16-8-21-12/h3-5,7-8H,6H2,1-2H3,(H,15,18)(H,17,19). The van der Waals surface area contributed by atoms with E-state index in [4.69, 9.17) is 9.15 Å². The van der Waals surface area contributed by atoms with Crippen LogP contribution in [-0.2, 0) is 9.59 Å². The highest BCUT2D eigenvalue weighted by Gasteiger charge is 2.12. The van der Waals surface area contributed by atoms with Gasteiger partial charge < -0.3 is 19.8 Å². The summed E-state index contributed by atoms with van der Waals surface area (Å²) in [4.78, 5) is 26.6. The number of nitrogens with zero attached hydrogens (tertiary/aromatic N) is 1. The summed E-state index contributed by atoms with van der Waals surface area (Å²) < 4.78 is 10.5. The summed E-state index contributed by atoms with van der Waals surface area (Å²) in [5.41, 5.74) is 1.25. The molecule has 0 aliphatic heterocycles. The van der Waals surface area contributed by atoms with Crippen LogP contribution in [0.4, 0.5) is 5.69 Å². The molecule has 7 heteroatoms. The van der Waals surface area contributed by atoms with Crippen molar-refractivity contribution in [2.75, 3.05) is 19.5 Å². The number of aromatic nitrogens is 1. The van der Waals surface area contributed by atoms with Gasteiger partial charge in [-0.15, -0.1) is 0 Å². The van der Waals surface area contributed by atoms with Gasteiger partial charge in [0.25, 0.3) is 0 Å². The van der Waals surface area contributed by atoms with Crippen molar-refractivity contribution < 1.29 is 18.7 Å². The zero-order valence-electron chi connectivity index (χ0n) is 11.7. The van der Waals surface area contributed by atoms with Gasteiger partial charge in [0.1, 0.15) is 12.2 Å². The van der Waals surface area contributed by atoms with Crippen LogP contribution in [-0.4, -0.2) is 31.0 Å². The van der Waals surface area contributed by atoms with Crippen molar-refractivity contribution in [3.8, 4) is 17.1 Å². The predicted octanol–water partition coefficient (Wildman–Crippen LogP) is 1.42. The van der Waals surface area contributed by atoms with E-state index in [0.717, 1.165) is 5.56 Å². The number of anilines is 1. The van der Waals surface area contributed by atoms with Crippen LogP contribution >= 0.6 is 0 Å². The van der Waals surface area contributed by atoms with Gasteiger partial charge in [-0.1, -0.05) is 0 Å². The van der Waals surface area contributed by atoms with E-state index in [1.807, 2.05) is 0 Å². The molecule has 2 aromatic rings. The average molecular weight is 289 g/mol. The van der Waals surface area contributed by atoms with Gasteiger partial charge in [-0.2, -0.15) is 0 Å². The van der Waals surface area contributed by atoms with E-state index in [-0.39, 0.29) is 12.3 Å². The lowest BCUT2D eigenvalue weighted by Crippen LogP contribution is -2.24. The Morgan fingerprint density at radius 3 is 2.76 bits per heavy atom. The fourth-order valence-corrected chi connectivity index (χ4v) is 1.76. The molecule has 2 N–H and O–H groups in total. The van der Waals surface area contributed by atoms with Gasteiger partial charge in [0.2, 0.25) is 11.8 Å². The zero-order valence-corrected chi connectivity index (χ0v) is 11.7. The molecule has 0 aliphatic rings. The number of benzene rings is 1. The van der Waals surface area contributed by atoms with Crippen LogP contribution in [0.15, 0.2) is 35.2 Å². The van der Waals surface area contributed by atoms with Crippen molar-refractivity contribution in [1.29, 1.82) is 0 Å². The first-order valence-electron chi connectivity index (χ1n) is 6.21. The smallest absolute Gasteiger partial charge is 0.233 e. The monoisotopic (exact) mass is 289 g/mol. The molecule has 0 unspecified atom stereocenters. The van der Waals surface area contributed by atoms with Crippen LogP contribution in [0.2, 0.25) is 0 Å². The highest BCUT2D eigenvalue weighted by Crippen LogP contribution is 2.32. The number of amides is 2. The van der Waals surface area contributed by atoms with Crippen molar-refractivity contribution in [2.45, 2.75) is 6.42 Å². The lowest BCUT2D eigenvalue weighted by molar-refractivity contribution is -0.126. The van der Waals surface area contributed by atoms with E-state index >= 15 is 0 Å². The molecule has 0 spiro atoms. The second-order valence-corrected chi connectivity index (χ2v) is 4.18. The molecule has 0 atom stereocenters. The Morgan fingerprint density at radius 2 is 2.14 bits per heavy atom. The number of carbonyl (C=O) groups excluding carboxylic acids is 2. The fraction of sp³-hybridized carbons (Fsp3) is 0.214. The molecular weight excluding hydrogens is 274 g/mol. The van der Waals surface area contributed by atoms with E-state index in [1.54, 1.807) is 24.4 Å². The largest absolute Gasteiger partial charge is 0.496 e. The molecule has 2 amide bonds. The minimum absolute atomic E-state index is 0.233. The summed E-state index contributed by atoms with van der Waals surface area (Å²) in [5.74, 6) is 0.348. The summed E-state index contributed by atoms with van der Waals surface area (Å²) in [5, 5.41) is 5.02. The second kappa shape index (κ2) is 6.56. The quantitative estimate of drug-likeness (QED) is 0.812. The first-order valence-corrected chi connectivity index (χ1v) is 6.21. The Morgan fingerprint density at radius 1 is 1.33 bits per heavy atom. The van der Waals surface area contributed by atoms with Crippen molar-refractivity contribution >= 4 is 17.5 Å². The molecule has 110 valence electrons. The van der Waals surface area contributed by atoms with Crippen molar-refractivity contribution in [3.63, 3.8) is 0 Å². The van der Waals surface area contributed by atoms with E-state index in [2.05, 4.69) is 15.6 Å². The average Bonchev–Trinajstić information content (AvgIpc) is 3.00. The maximum Gasteiger partial charge on any atom is 0.233 e. The summed E-state index contributed by atoms with van der Waals surface area (Å²) in [6, 6.07) is 5.09. The molecule has 21 heavy (non-hydrogen) atoms. The van der Waals surface area contributed by atoms with E-state index in [1.165, 1.54) is 20.6 Å². The Balaban J connectivity index is 2.16. The zero-order chi connectivity index (χ0) is 15.2. The van der Waals surface area contributed by atoms with Gasteiger partial charge in [-0.25, -0.2) is 4.98 Å². The first kappa shape index (κ1) is 14.6. The van der Waals surface area contributed by atoms with Gasteiger partial charge >= 0.3 is 0 Å². The van der Waals surface area contributed by atoms with Crippen LogP contribution in [0.1, 0.15) is 6.42 Å². The number of rotatable bonds is 5. The highest BCUT2D eigenvalue weighted by atomic mass is 16.5. The predicted molar refractivity (Wildman–Crippen MR) is 75.8 cm³/mol. The van der Waals surface area contributed by atoms with Crippen molar-refractivity contribution in [2.24, 2.45) is 0 Å². The van der Waals surface area contributed by atoms with E-state index in [0.29, 0.717) is 17.2 Å². The number of methoxy groups -OCH3 is 1. The van der Waals surface area contributed by atoms with Crippen LogP contribution in [0, 0.1) is 0 Å². The van der Waals surface area contributed by atoms with Gasteiger partial charge in [0.15, 0.2) is 12.2 Å². The van der Waals surface area contributed by atoms with Crippen LogP contribution in [0.25, 0.3) is 11.3 Å². The van der Waals surface area contributed by atoms with Crippen LogP contribution < -0.4 is 15.4 Å². The molecule has 0 saturated heterocycles. The molecule has 0 saturated carbocycles. The fourth-order valence-electron chi connectivity index (χ4n) is 1.76. The van der Waals surface area contributed by atoms with E-state index < -0.39 is 5.91 Å². The molecule has 0 fully saturated rings. The first-order chi connectivity index (χ1) is 10.1. The van der Waals surface area contributed by atoms with Gasteiger partial charge in [0, 0.05) is 18.8 Å². The topological polar surface area (TPSA) is 93.5 Å². The summed E-state index contributed by atoms with van der Waals surface area (Å²) in [6.07, 6.45) is 2.66. The van der Waals surface area contributed by atoms with Gasteiger partial charge in [-0.05, 0) is 12.1 Å².